The summed E-state index contributed by atoms with van der Waals surface area (Å²) in [5.74, 6) is 2.37. The Morgan fingerprint density at radius 3 is 2.11 bits per heavy atom. The number of benzene rings is 3. The average molecular weight is 472 g/mol. The van der Waals surface area contributed by atoms with Crippen molar-refractivity contribution in [2.24, 2.45) is 0 Å². The molecule has 0 heterocycles. The molecule has 1 amide bonds. The molecular weight excluding hydrogens is 442 g/mol. The molecule has 35 heavy (non-hydrogen) atoms. The molecule has 0 unspecified atom stereocenters. The SMILES string of the molecule is COc1ccc2c(c1)C(CC(=O)Nc1ccccc1)=C(C)C2=Cc1cc(OC)c(OC)c(OC)c1. The van der Waals surface area contributed by atoms with Crippen LogP contribution in [-0.4, -0.2) is 34.3 Å². The molecule has 3 aromatic rings. The van der Waals surface area contributed by atoms with E-state index < -0.39 is 0 Å². The van der Waals surface area contributed by atoms with Crippen molar-refractivity contribution < 1.29 is 23.7 Å². The van der Waals surface area contributed by atoms with Crippen LogP contribution < -0.4 is 24.3 Å². The second-order valence-electron chi connectivity index (χ2n) is 8.12. The van der Waals surface area contributed by atoms with Crippen LogP contribution in [0.1, 0.15) is 30.0 Å². The van der Waals surface area contributed by atoms with E-state index in [1.165, 1.54) is 0 Å². The van der Waals surface area contributed by atoms with Crippen LogP contribution in [0.3, 0.4) is 0 Å². The van der Waals surface area contributed by atoms with Gasteiger partial charge in [0.1, 0.15) is 5.75 Å². The molecule has 0 fully saturated rings. The number of para-hydroxylation sites is 1. The molecule has 6 heteroatoms. The van der Waals surface area contributed by atoms with Crippen molar-refractivity contribution in [1.29, 1.82) is 0 Å². The van der Waals surface area contributed by atoms with Gasteiger partial charge >= 0.3 is 0 Å². The Kier molecular flexibility index (Phi) is 7.11. The van der Waals surface area contributed by atoms with E-state index in [1.807, 2.05) is 67.6 Å². The van der Waals surface area contributed by atoms with Gasteiger partial charge in [0.15, 0.2) is 11.5 Å². The Morgan fingerprint density at radius 2 is 1.51 bits per heavy atom. The van der Waals surface area contributed by atoms with Crippen LogP contribution in [0.25, 0.3) is 17.2 Å². The zero-order chi connectivity index (χ0) is 24.9. The smallest absolute Gasteiger partial charge is 0.228 e. The first-order valence-corrected chi connectivity index (χ1v) is 11.2. The van der Waals surface area contributed by atoms with Gasteiger partial charge in [-0.1, -0.05) is 24.3 Å². The van der Waals surface area contributed by atoms with Gasteiger partial charge in [-0.15, -0.1) is 0 Å². The lowest BCUT2D eigenvalue weighted by molar-refractivity contribution is -0.115. The summed E-state index contributed by atoms with van der Waals surface area (Å²) in [7, 11) is 6.42. The summed E-state index contributed by atoms with van der Waals surface area (Å²) in [6.45, 7) is 2.04. The lowest BCUT2D eigenvalue weighted by Gasteiger charge is -2.13. The summed E-state index contributed by atoms with van der Waals surface area (Å²) in [5.41, 5.74) is 6.72. The van der Waals surface area contributed by atoms with Crippen LogP contribution in [-0.2, 0) is 4.79 Å². The normalized spacial score (nSPS) is 13.5. The number of nitrogens with one attached hydrogen (secondary N) is 1. The number of fused-ring (bicyclic) bond motifs is 1. The van der Waals surface area contributed by atoms with Crippen LogP contribution in [0.4, 0.5) is 5.69 Å². The van der Waals surface area contributed by atoms with Gasteiger partial charge in [0.05, 0.1) is 34.9 Å². The molecular formula is C29H29NO5. The molecule has 1 N–H and O–H groups in total. The number of methoxy groups -OCH3 is 4. The molecule has 1 aliphatic carbocycles. The Morgan fingerprint density at radius 1 is 0.829 bits per heavy atom. The van der Waals surface area contributed by atoms with Crippen molar-refractivity contribution in [2.75, 3.05) is 33.8 Å². The Bertz CT molecular complexity index is 1280. The van der Waals surface area contributed by atoms with E-state index in [0.29, 0.717) is 17.2 Å². The standard InChI is InChI=1S/C29H29NO5/c1-18-23(13-19-14-26(33-3)29(35-5)27(15-19)34-4)22-12-11-21(32-2)16-25(22)24(18)17-28(31)30-20-9-7-6-8-10-20/h6-16H,17H2,1-5H3,(H,30,31). The topological polar surface area (TPSA) is 66.0 Å². The monoisotopic (exact) mass is 471 g/mol. The number of allylic oxidation sites excluding steroid dienone is 2. The molecule has 0 spiro atoms. The Balaban J connectivity index is 1.77. The lowest BCUT2D eigenvalue weighted by Crippen LogP contribution is -2.11. The number of carbonyl (C=O) groups is 1. The number of rotatable bonds is 8. The van der Waals surface area contributed by atoms with Gasteiger partial charge in [0, 0.05) is 5.69 Å². The van der Waals surface area contributed by atoms with Crippen molar-refractivity contribution in [3.63, 3.8) is 0 Å². The maximum absolute atomic E-state index is 12.9. The predicted octanol–water partition coefficient (Wildman–Crippen LogP) is 6.08. The van der Waals surface area contributed by atoms with Gasteiger partial charge in [-0.3, -0.25) is 4.79 Å². The minimum absolute atomic E-state index is 0.0756. The fourth-order valence-corrected chi connectivity index (χ4v) is 4.35. The van der Waals surface area contributed by atoms with Crippen molar-refractivity contribution >= 4 is 28.8 Å². The minimum Gasteiger partial charge on any atom is -0.497 e. The molecule has 1 aliphatic rings. The minimum atomic E-state index is -0.0756. The molecule has 0 radical (unpaired) electrons. The second kappa shape index (κ2) is 10.4. The van der Waals surface area contributed by atoms with Gasteiger partial charge < -0.3 is 24.3 Å². The van der Waals surface area contributed by atoms with Gasteiger partial charge in [0.25, 0.3) is 0 Å². The number of carbonyl (C=O) groups excluding carboxylic acids is 1. The summed E-state index contributed by atoms with van der Waals surface area (Å²) in [6.07, 6.45) is 2.32. The van der Waals surface area contributed by atoms with E-state index in [2.05, 4.69) is 11.4 Å². The maximum atomic E-state index is 12.9. The van der Waals surface area contributed by atoms with Crippen molar-refractivity contribution in [3.05, 3.63) is 82.9 Å². The van der Waals surface area contributed by atoms with Gasteiger partial charge in [-0.05, 0) is 82.8 Å². The third-order valence-corrected chi connectivity index (χ3v) is 6.09. The average Bonchev–Trinajstić information content (AvgIpc) is 3.13. The fraction of sp³-hybridized carbons (Fsp3) is 0.207. The number of amides is 1. The van der Waals surface area contributed by atoms with Crippen LogP contribution in [0.15, 0.2) is 66.2 Å². The number of hydrogen-bond acceptors (Lipinski definition) is 5. The molecule has 180 valence electrons. The first kappa shape index (κ1) is 24.0. The molecule has 4 rings (SSSR count). The molecule has 6 nitrogen and oxygen atoms in total. The predicted molar refractivity (Wildman–Crippen MR) is 139 cm³/mol. The van der Waals surface area contributed by atoms with Gasteiger partial charge in [-0.2, -0.15) is 0 Å². The highest BCUT2D eigenvalue weighted by Crippen LogP contribution is 2.46. The van der Waals surface area contributed by atoms with Crippen molar-refractivity contribution in [3.8, 4) is 23.0 Å². The van der Waals surface area contributed by atoms with Crippen LogP contribution in [0, 0.1) is 0 Å². The van der Waals surface area contributed by atoms with E-state index in [-0.39, 0.29) is 12.3 Å². The molecule has 0 atom stereocenters. The quantitative estimate of drug-likeness (QED) is 0.431. The molecule has 3 aromatic carbocycles. The molecule has 0 aliphatic heterocycles. The van der Waals surface area contributed by atoms with Crippen LogP contribution in [0.5, 0.6) is 23.0 Å². The second-order valence-corrected chi connectivity index (χ2v) is 8.12. The molecule has 0 aromatic heterocycles. The summed E-state index contributed by atoms with van der Waals surface area (Å²) in [4.78, 5) is 12.9. The third-order valence-electron chi connectivity index (χ3n) is 6.09. The molecule has 0 saturated carbocycles. The summed E-state index contributed by atoms with van der Waals surface area (Å²) in [6, 6.07) is 19.2. The summed E-state index contributed by atoms with van der Waals surface area (Å²) < 4.78 is 22.0. The van der Waals surface area contributed by atoms with Crippen LogP contribution >= 0.6 is 0 Å². The lowest BCUT2D eigenvalue weighted by atomic mass is 10.00. The van der Waals surface area contributed by atoms with Crippen molar-refractivity contribution in [2.45, 2.75) is 13.3 Å². The van der Waals surface area contributed by atoms with E-state index in [0.717, 1.165) is 44.8 Å². The maximum Gasteiger partial charge on any atom is 0.228 e. The summed E-state index contributed by atoms with van der Waals surface area (Å²) >= 11 is 0. The van der Waals surface area contributed by atoms with Crippen molar-refractivity contribution in [1.82, 2.24) is 0 Å². The highest BCUT2D eigenvalue weighted by molar-refractivity contribution is 6.10. The highest BCUT2D eigenvalue weighted by Gasteiger charge is 2.26. The van der Waals surface area contributed by atoms with Crippen LogP contribution in [0.2, 0.25) is 0 Å². The Hall–Kier alpha value is -4.19. The van der Waals surface area contributed by atoms with E-state index in [4.69, 9.17) is 18.9 Å². The zero-order valence-corrected chi connectivity index (χ0v) is 20.6. The van der Waals surface area contributed by atoms with E-state index in [1.54, 1.807) is 28.4 Å². The highest BCUT2D eigenvalue weighted by atomic mass is 16.5. The number of ether oxygens (including phenoxy) is 4. The first-order valence-electron chi connectivity index (χ1n) is 11.2. The molecule has 0 bridgehead atoms. The van der Waals surface area contributed by atoms with E-state index in [9.17, 15) is 4.79 Å². The first-order chi connectivity index (χ1) is 17.0. The van der Waals surface area contributed by atoms with Gasteiger partial charge in [0.2, 0.25) is 11.7 Å². The number of anilines is 1. The third kappa shape index (κ3) is 4.87. The molecule has 0 saturated heterocycles. The Labute approximate surface area is 205 Å². The summed E-state index contributed by atoms with van der Waals surface area (Å²) in [5, 5.41) is 2.99. The largest absolute Gasteiger partial charge is 0.497 e. The fourth-order valence-electron chi connectivity index (χ4n) is 4.35. The zero-order valence-electron chi connectivity index (χ0n) is 20.6. The van der Waals surface area contributed by atoms with E-state index >= 15 is 0 Å². The van der Waals surface area contributed by atoms with Gasteiger partial charge in [-0.25, -0.2) is 0 Å². The number of hydrogen-bond donors (Lipinski definition) is 1.